The van der Waals surface area contributed by atoms with Crippen molar-refractivity contribution in [3.05, 3.63) is 59.4 Å². The Bertz CT molecular complexity index is 1020. The minimum Gasteiger partial charge on any atom is -0.296 e. The van der Waals surface area contributed by atoms with E-state index in [1.54, 1.807) is 22.1 Å². The summed E-state index contributed by atoms with van der Waals surface area (Å²) in [6, 6.07) is 13.5. The van der Waals surface area contributed by atoms with Crippen LogP contribution in [0.1, 0.15) is 16.2 Å². The first kappa shape index (κ1) is 13.8. The van der Waals surface area contributed by atoms with E-state index >= 15 is 0 Å². The lowest BCUT2D eigenvalue weighted by Gasteiger charge is -2.07. The quantitative estimate of drug-likeness (QED) is 0.540. The highest BCUT2D eigenvalue weighted by molar-refractivity contribution is 7.16. The number of fused-ring (bicyclic) bond motifs is 1. The van der Waals surface area contributed by atoms with Crippen molar-refractivity contribution in [2.75, 3.05) is 0 Å². The predicted molar refractivity (Wildman–Crippen MR) is 90.1 cm³/mol. The van der Waals surface area contributed by atoms with Crippen molar-refractivity contribution >= 4 is 27.8 Å². The average molecular weight is 320 g/mol. The van der Waals surface area contributed by atoms with Gasteiger partial charge in [0.2, 0.25) is 0 Å². The average Bonchev–Trinajstić information content (AvgIpc) is 3.20. The fraction of sp³-hybridized carbons (Fsp3) is 0.0588. The number of pyridine rings is 1. The van der Waals surface area contributed by atoms with E-state index in [2.05, 4.69) is 21.1 Å². The first-order valence-electron chi connectivity index (χ1n) is 7.07. The molecule has 112 valence electrons. The van der Waals surface area contributed by atoms with Gasteiger partial charge in [-0.05, 0) is 37.3 Å². The molecule has 0 aliphatic rings. The van der Waals surface area contributed by atoms with Crippen molar-refractivity contribution in [2.45, 2.75) is 6.92 Å². The molecule has 0 radical (unpaired) electrons. The molecular weight excluding hydrogens is 308 g/mol. The van der Waals surface area contributed by atoms with Gasteiger partial charge in [0.1, 0.15) is 5.69 Å². The summed E-state index contributed by atoms with van der Waals surface area (Å²) in [7, 11) is 0. The minimum atomic E-state index is 0.382. The standard InChI is InChI=1S/C17H12N4OS/c1-11-3-2-4-17(19-11)21-15(8-13(9-22)20-21)12-5-6-14-16(7-12)23-10-18-14/h2-10H,1H3. The van der Waals surface area contributed by atoms with Crippen molar-refractivity contribution in [1.82, 2.24) is 19.7 Å². The van der Waals surface area contributed by atoms with Crippen LogP contribution in [0.25, 0.3) is 27.3 Å². The lowest BCUT2D eigenvalue weighted by Crippen LogP contribution is -2.03. The van der Waals surface area contributed by atoms with Crippen molar-refractivity contribution in [3.8, 4) is 17.1 Å². The fourth-order valence-corrected chi connectivity index (χ4v) is 3.21. The second kappa shape index (κ2) is 5.40. The molecule has 1 aromatic carbocycles. The molecule has 0 aliphatic carbocycles. The van der Waals surface area contributed by atoms with Crippen molar-refractivity contribution in [3.63, 3.8) is 0 Å². The summed E-state index contributed by atoms with van der Waals surface area (Å²) < 4.78 is 2.80. The van der Waals surface area contributed by atoms with Crippen LogP contribution in [0, 0.1) is 6.92 Å². The van der Waals surface area contributed by atoms with Crippen LogP contribution in [-0.2, 0) is 0 Å². The Morgan fingerprint density at radius 3 is 2.91 bits per heavy atom. The lowest BCUT2D eigenvalue weighted by atomic mass is 10.1. The van der Waals surface area contributed by atoms with Crippen LogP contribution in [0.4, 0.5) is 0 Å². The number of aldehydes is 1. The summed E-state index contributed by atoms with van der Waals surface area (Å²) in [5.41, 5.74) is 5.88. The van der Waals surface area contributed by atoms with Crippen LogP contribution in [0.5, 0.6) is 0 Å². The van der Waals surface area contributed by atoms with E-state index in [0.717, 1.165) is 33.5 Å². The maximum atomic E-state index is 11.2. The Kier molecular flexibility index (Phi) is 3.24. The molecule has 0 fully saturated rings. The van der Waals surface area contributed by atoms with Crippen LogP contribution in [-0.4, -0.2) is 26.0 Å². The van der Waals surface area contributed by atoms with E-state index in [1.165, 1.54) is 0 Å². The van der Waals surface area contributed by atoms with Crippen molar-refractivity contribution < 1.29 is 4.79 Å². The van der Waals surface area contributed by atoms with Crippen LogP contribution >= 0.6 is 11.3 Å². The van der Waals surface area contributed by atoms with Gasteiger partial charge in [0, 0.05) is 11.3 Å². The summed E-state index contributed by atoms with van der Waals surface area (Å²) in [5.74, 6) is 0.692. The van der Waals surface area contributed by atoms with E-state index in [4.69, 9.17) is 0 Å². The molecule has 0 N–H and O–H groups in total. The number of aryl methyl sites for hydroxylation is 1. The molecule has 0 unspecified atom stereocenters. The largest absolute Gasteiger partial charge is 0.296 e. The van der Waals surface area contributed by atoms with Gasteiger partial charge in [-0.1, -0.05) is 12.1 Å². The van der Waals surface area contributed by atoms with E-state index < -0.39 is 0 Å². The monoisotopic (exact) mass is 320 g/mol. The Labute approximate surface area is 136 Å². The molecule has 3 heterocycles. The lowest BCUT2D eigenvalue weighted by molar-refractivity contribution is 0.111. The predicted octanol–water partition coefficient (Wildman–Crippen LogP) is 3.66. The van der Waals surface area contributed by atoms with E-state index in [0.29, 0.717) is 11.5 Å². The van der Waals surface area contributed by atoms with E-state index in [1.807, 2.05) is 42.8 Å². The smallest absolute Gasteiger partial charge is 0.170 e. The van der Waals surface area contributed by atoms with Gasteiger partial charge in [-0.15, -0.1) is 11.3 Å². The number of benzene rings is 1. The van der Waals surface area contributed by atoms with Crippen LogP contribution in [0.3, 0.4) is 0 Å². The summed E-state index contributed by atoms with van der Waals surface area (Å²) in [6.07, 6.45) is 0.751. The number of hydrogen-bond acceptors (Lipinski definition) is 5. The van der Waals surface area contributed by atoms with E-state index in [-0.39, 0.29) is 0 Å². The van der Waals surface area contributed by atoms with Crippen molar-refractivity contribution in [2.24, 2.45) is 0 Å². The second-order valence-electron chi connectivity index (χ2n) is 5.16. The summed E-state index contributed by atoms with van der Waals surface area (Å²) in [4.78, 5) is 20.0. The fourth-order valence-electron chi connectivity index (χ4n) is 2.50. The molecule has 6 heteroatoms. The maximum absolute atomic E-state index is 11.2. The van der Waals surface area contributed by atoms with E-state index in [9.17, 15) is 4.79 Å². The molecule has 0 saturated heterocycles. The number of carbonyl (C=O) groups is 1. The first-order chi connectivity index (χ1) is 11.2. The normalized spacial score (nSPS) is 11.0. The topological polar surface area (TPSA) is 60.7 Å². The van der Waals surface area contributed by atoms with Gasteiger partial charge in [-0.2, -0.15) is 5.10 Å². The van der Waals surface area contributed by atoms with Crippen LogP contribution in [0.15, 0.2) is 48.0 Å². The number of carbonyl (C=O) groups excluding carboxylic acids is 1. The third-order valence-electron chi connectivity index (χ3n) is 3.57. The highest BCUT2D eigenvalue weighted by Crippen LogP contribution is 2.28. The third-order valence-corrected chi connectivity index (χ3v) is 4.36. The second-order valence-corrected chi connectivity index (χ2v) is 6.04. The molecule has 23 heavy (non-hydrogen) atoms. The molecule has 0 atom stereocenters. The zero-order chi connectivity index (χ0) is 15.8. The van der Waals surface area contributed by atoms with Gasteiger partial charge in [0.05, 0.1) is 21.4 Å². The number of nitrogens with zero attached hydrogens (tertiary/aromatic N) is 4. The number of rotatable bonds is 3. The molecule has 3 aromatic heterocycles. The molecule has 4 rings (SSSR count). The van der Waals surface area contributed by atoms with Crippen LogP contribution in [0.2, 0.25) is 0 Å². The molecule has 5 nitrogen and oxygen atoms in total. The van der Waals surface area contributed by atoms with Gasteiger partial charge >= 0.3 is 0 Å². The third kappa shape index (κ3) is 2.43. The SMILES string of the molecule is Cc1cccc(-n2nc(C=O)cc2-c2ccc3ncsc3c2)n1. The Morgan fingerprint density at radius 1 is 1.17 bits per heavy atom. The zero-order valence-corrected chi connectivity index (χ0v) is 13.1. The molecule has 4 aromatic rings. The highest BCUT2D eigenvalue weighted by Gasteiger charge is 2.13. The molecule has 0 saturated carbocycles. The molecular formula is C17H12N4OS. The Morgan fingerprint density at radius 2 is 2.09 bits per heavy atom. The number of aromatic nitrogens is 4. The van der Waals surface area contributed by atoms with Gasteiger partial charge < -0.3 is 0 Å². The zero-order valence-electron chi connectivity index (χ0n) is 12.3. The van der Waals surface area contributed by atoms with Gasteiger partial charge in [-0.25, -0.2) is 14.6 Å². The Balaban J connectivity index is 1.93. The number of hydrogen-bond donors (Lipinski definition) is 0. The summed E-state index contributed by atoms with van der Waals surface area (Å²) >= 11 is 1.59. The first-order valence-corrected chi connectivity index (χ1v) is 7.95. The van der Waals surface area contributed by atoms with Gasteiger partial charge in [0.15, 0.2) is 12.1 Å². The maximum Gasteiger partial charge on any atom is 0.170 e. The molecule has 0 spiro atoms. The molecule has 0 amide bonds. The highest BCUT2D eigenvalue weighted by atomic mass is 32.1. The van der Waals surface area contributed by atoms with Crippen LogP contribution < -0.4 is 0 Å². The number of thiazole rings is 1. The van der Waals surface area contributed by atoms with Gasteiger partial charge in [0.25, 0.3) is 0 Å². The summed E-state index contributed by atoms with van der Waals surface area (Å²) in [6.45, 7) is 1.93. The molecule has 0 bridgehead atoms. The van der Waals surface area contributed by atoms with Gasteiger partial charge in [-0.3, -0.25) is 4.79 Å². The minimum absolute atomic E-state index is 0.382. The Hall–Kier alpha value is -2.86. The summed E-state index contributed by atoms with van der Waals surface area (Å²) in [5, 5.41) is 4.36. The van der Waals surface area contributed by atoms with Crippen molar-refractivity contribution in [1.29, 1.82) is 0 Å². The molecule has 0 aliphatic heterocycles.